The number of amides is 2. The molecule has 2 fully saturated rings. The summed E-state index contributed by atoms with van der Waals surface area (Å²) in [5, 5.41) is 15.7. The number of aliphatic hydroxyl groups excluding tert-OH is 1. The maximum Gasteiger partial charge on any atom is 0.259 e. The van der Waals surface area contributed by atoms with Gasteiger partial charge in [-0.2, -0.15) is 0 Å². The molecule has 2 heterocycles. The number of allylic oxidation sites excluding steroid dienone is 11. The van der Waals surface area contributed by atoms with Gasteiger partial charge in [0, 0.05) is 12.6 Å². The number of hydrogen-bond donors (Lipinski definition) is 3. The van der Waals surface area contributed by atoms with Crippen LogP contribution in [0.15, 0.2) is 84.2 Å². The topological polar surface area (TPSA) is 95.5 Å². The molecule has 6 heteroatoms. The zero-order chi connectivity index (χ0) is 25.2. The molecule has 1 saturated carbocycles. The average molecular weight is 477 g/mol. The van der Waals surface area contributed by atoms with Crippen LogP contribution >= 0.6 is 0 Å². The number of ketones is 1. The van der Waals surface area contributed by atoms with E-state index in [-0.39, 0.29) is 17.2 Å². The van der Waals surface area contributed by atoms with Gasteiger partial charge in [0.2, 0.25) is 5.91 Å². The molecule has 0 aromatic carbocycles. The van der Waals surface area contributed by atoms with Gasteiger partial charge in [0.1, 0.15) is 11.3 Å². The molecule has 6 nitrogen and oxygen atoms in total. The van der Waals surface area contributed by atoms with E-state index in [1.54, 1.807) is 18.2 Å². The Morgan fingerprint density at radius 3 is 2.37 bits per heavy atom. The van der Waals surface area contributed by atoms with Crippen LogP contribution in [0.4, 0.5) is 0 Å². The molecule has 0 aromatic heterocycles. The lowest BCUT2D eigenvalue weighted by molar-refractivity contribution is -0.118. The third-order valence-electron chi connectivity index (χ3n) is 7.12. The number of Topliss-reactive ketones (excluding diaryl/α,β-unsaturated/α-hetero) is 1. The molecule has 2 aliphatic heterocycles. The van der Waals surface area contributed by atoms with Gasteiger partial charge in [0.15, 0.2) is 5.78 Å². The van der Waals surface area contributed by atoms with Gasteiger partial charge in [0.05, 0.1) is 6.04 Å². The minimum atomic E-state index is -0.691. The summed E-state index contributed by atoms with van der Waals surface area (Å²) in [4.78, 5) is 36.8. The Morgan fingerprint density at radius 2 is 1.63 bits per heavy atom. The van der Waals surface area contributed by atoms with Crippen LogP contribution in [0.5, 0.6) is 0 Å². The smallest absolute Gasteiger partial charge is 0.259 e. The summed E-state index contributed by atoms with van der Waals surface area (Å²) in [7, 11) is 0. The molecule has 3 N–H and O–H groups in total. The Bertz CT molecular complexity index is 1010. The van der Waals surface area contributed by atoms with Crippen LogP contribution < -0.4 is 10.6 Å². The molecule has 186 valence electrons. The highest BCUT2D eigenvalue weighted by molar-refractivity contribution is 6.27. The van der Waals surface area contributed by atoms with Gasteiger partial charge >= 0.3 is 0 Å². The van der Waals surface area contributed by atoms with E-state index in [0.29, 0.717) is 43.1 Å². The molecule has 2 amide bonds. The quantitative estimate of drug-likeness (QED) is 0.489. The van der Waals surface area contributed by atoms with Gasteiger partial charge in [-0.3, -0.25) is 14.4 Å². The van der Waals surface area contributed by atoms with Crippen LogP contribution in [-0.4, -0.2) is 35.3 Å². The first-order valence-corrected chi connectivity index (χ1v) is 12.5. The predicted octanol–water partition coefficient (Wildman–Crippen LogP) is 4.41. The molecule has 0 unspecified atom stereocenters. The molecule has 3 aliphatic rings. The molecular weight excluding hydrogens is 440 g/mol. The fourth-order valence-corrected chi connectivity index (χ4v) is 5.12. The monoisotopic (exact) mass is 476 g/mol. The van der Waals surface area contributed by atoms with E-state index in [9.17, 15) is 19.5 Å². The van der Waals surface area contributed by atoms with Crippen molar-refractivity contribution >= 4 is 17.6 Å². The standard InChI is InChI=1S/C29H36N2O4/c1-3-21-19-22-13-8-4-7-11-17-26(33)30-18-12-15-24-28(34)27(29(35)31-24)25(32)16-10-6-5-9-14-23(22)20(21)2/h4-11,13-14,16-17,20-24,32H,3,12,15,18-19H2,1-2H3,(H,30,33)(H,31,35)/b6-5+,7-4+,13-8+,14-9+,16-10+,17-11+,27-25?/t20-,21+,22-,23+,24+/m1/s1. The molecule has 1 aliphatic carbocycles. The molecule has 0 spiro atoms. The first kappa shape index (κ1) is 26.2. The van der Waals surface area contributed by atoms with E-state index >= 15 is 0 Å². The summed E-state index contributed by atoms with van der Waals surface area (Å²) in [6.45, 7) is 4.94. The highest BCUT2D eigenvalue weighted by atomic mass is 16.3. The Balaban J connectivity index is 1.80. The average Bonchev–Trinajstić information content (AvgIpc) is 3.29. The van der Waals surface area contributed by atoms with Crippen molar-refractivity contribution in [2.75, 3.05) is 6.54 Å². The number of carbonyl (C=O) groups excluding carboxylic acids is 3. The Hall–Kier alpha value is -3.41. The second kappa shape index (κ2) is 12.9. The van der Waals surface area contributed by atoms with E-state index in [1.807, 2.05) is 24.3 Å². The summed E-state index contributed by atoms with van der Waals surface area (Å²) in [6, 6.07) is -0.691. The third-order valence-corrected chi connectivity index (χ3v) is 7.12. The van der Waals surface area contributed by atoms with Gasteiger partial charge in [-0.25, -0.2) is 0 Å². The van der Waals surface area contributed by atoms with Crippen LogP contribution in [0, 0.1) is 23.7 Å². The van der Waals surface area contributed by atoms with Crippen molar-refractivity contribution in [3.05, 3.63) is 84.2 Å². The van der Waals surface area contributed by atoms with Crippen LogP contribution in [0.1, 0.15) is 39.5 Å². The van der Waals surface area contributed by atoms with Crippen molar-refractivity contribution < 1.29 is 19.5 Å². The van der Waals surface area contributed by atoms with Crippen molar-refractivity contribution in [2.24, 2.45) is 23.7 Å². The van der Waals surface area contributed by atoms with Gasteiger partial charge < -0.3 is 15.7 Å². The number of nitrogens with one attached hydrogen (secondary N) is 2. The van der Waals surface area contributed by atoms with E-state index in [1.165, 1.54) is 12.2 Å². The van der Waals surface area contributed by atoms with Crippen molar-refractivity contribution in [3.8, 4) is 0 Å². The Morgan fingerprint density at radius 1 is 0.943 bits per heavy atom. The van der Waals surface area contributed by atoms with E-state index < -0.39 is 17.7 Å². The van der Waals surface area contributed by atoms with Crippen LogP contribution in [0.25, 0.3) is 0 Å². The summed E-state index contributed by atoms with van der Waals surface area (Å²) < 4.78 is 0. The summed E-state index contributed by atoms with van der Waals surface area (Å²) in [5.41, 5.74) is -0.215. The first-order chi connectivity index (χ1) is 16.9. The lowest BCUT2D eigenvalue weighted by Gasteiger charge is -2.18. The predicted molar refractivity (Wildman–Crippen MR) is 138 cm³/mol. The Labute approximate surface area is 207 Å². The molecule has 0 radical (unpaired) electrons. The zero-order valence-corrected chi connectivity index (χ0v) is 20.5. The van der Waals surface area contributed by atoms with E-state index in [0.717, 1.165) is 12.8 Å². The minimum Gasteiger partial charge on any atom is -0.507 e. The summed E-state index contributed by atoms with van der Waals surface area (Å²) in [5.74, 6) is 0.579. The molecule has 5 atom stereocenters. The van der Waals surface area contributed by atoms with Crippen LogP contribution in [0.2, 0.25) is 0 Å². The second-order valence-electron chi connectivity index (χ2n) is 9.35. The SMILES string of the molecule is CC[C@H]1C[C@H]2/C=C/C=C/C=C/C(=O)NCCC[C@@H]3NC(=O)C(=C(O)/C=C/C=C/C=C/[C@H]2[C@@H]1C)C3=O. The fraction of sp³-hybridized carbons (Fsp3) is 0.414. The van der Waals surface area contributed by atoms with Crippen LogP contribution in [0.3, 0.4) is 0 Å². The highest BCUT2D eigenvalue weighted by Crippen LogP contribution is 2.44. The van der Waals surface area contributed by atoms with Gasteiger partial charge in [-0.15, -0.1) is 0 Å². The van der Waals surface area contributed by atoms with Gasteiger partial charge in [-0.1, -0.05) is 81.0 Å². The van der Waals surface area contributed by atoms with Crippen molar-refractivity contribution in [2.45, 2.75) is 45.6 Å². The number of aliphatic hydroxyl groups is 1. The number of carbonyl (C=O) groups is 3. The normalized spacial score (nSPS) is 35.9. The van der Waals surface area contributed by atoms with Crippen molar-refractivity contribution in [1.82, 2.24) is 10.6 Å². The van der Waals surface area contributed by atoms with Crippen molar-refractivity contribution in [1.29, 1.82) is 0 Å². The Kier molecular flexibility index (Phi) is 9.65. The van der Waals surface area contributed by atoms with E-state index in [2.05, 4.69) is 42.7 Å². The maximum absolute atomic E-state index is 12.6. The fourth-order valence-electron chi connectivity index (χ4n) is 5.12. The summed E-state index contributed by atoms with van der Waals surface area (Å²) >= 11 is 0. The molecule has 0 aromatic rings. The number of fused-ring (bicyclic) bond motifs is 3. The van der Waals surface area contributed by atoms with Crippen molar-refractivity contribution in [3.63, 3.8) is 0 Å². The van der Waals surface area contributed by atoms with Gasteiger partial charge in [0.25, 0.3) is 5.91 Å². The summed E-state index contributed by atoms with van der Waals surface area (Å²) in [6.07, 6.45) is 25.4. The van der Waals surface area contributed by atoms with Crippen LogP contribution in [-0.2, 0) is 14.4 Å². The highest BCUT2D eigenvalue weighted by Gasteiger charge is 2.38. The van der Waals surface area contributed by atoms with E-state index in [4.69, 9.17) is 0 Å². The molecule has 3 rings (SSSR count). The maximum atomic E-state index is 12.6. The molecular formula is C29H36N2O4. The zero-order valence-electron chi connectivity index (χ0n) is 20.5. The molecule has 1 saturated heterocycles. The second-order valence-corrected chi connectivity index (χ2v) is 9.35. The lowest BCUT2D eigenvalue weighted by atomic mass is 9.87. The van der Waals surface area contributed by atoms with Gasteiger partial charge in [-0.05, 0) is 49.0 Å². The largest absolute Gasteiger partial charge is 0.507 e. The number of hydrogen-bond acceptors (Lipinski definition) is 4. The molecule has 2 bridgehead atoms. The number of rotatable bonds is 1. The lowest BCUT2D eigenvalue weighted by Crippen LogP contribution is -2.30. The molecule has 35 heavy (non-hydrogen) atoms. The first-order valence-electron chi connectivity index (χ1n) is 12.5. The minimum absolute atomic E-state index is 0.213. The third kappa shape index (κ3) is 7.04.